The normalized spacial score (nSPS) is 11.1. The molecule has 0 bridgehead atoms. The van der Waals surface area contributed by atoms with E-state index in [4.69, 9.17) is 0 Å². The van der Waals surface area contributed by atoms with Crippen LogP contribution in [0.3, 0.4) is 0 Å². The van der Waals surface area contributed by atoms with Gasteiger partial charge in [-0.3, -0.25) is 4.79 Å². The second-order valence-electron chi connectivity index (χ2n) is 6.37. The summed E-state index contributed by atoms with van der Waals surface area (Å²) in [6.45, 7) is 5.98. The van der Waals surface area contributed by atoms with Crippen molar-refractivity contribution < 1.29 is 4.79 Å². The first-order valence-corrected chi connectivity index (χ1v) is 9.61. The molecule has 0 radical (unpaired) electrons. The first-order chi connectivity index (χ1) is 10.8. The van der Waals surface area contributed by atoms with Crippen LogP contribution in [0.25, 0.3) is 0 Å². The molecule has 1 heteroatoms. The molecule has 0 spiro atoms. The van der Waals surface area contributed by atoms with E-state index < -0.39 is 0 Å². The van der Waals surface area contributed by atoms with E-state index >= 15 is 0 Å². The van der Waals surface area contributed by atoms with E-state index in [0.717, 1.165) is 25.7 Å². The quantitative estimate of drug-likeness (QED) is 0.158. The maximum absolute atomic E-state index is 11.7. The number of carbonyl (C=O) groups excluding carboxylic acids is 1. The molecule has 22 heavy (non-hydrogen) atoms. The maximum Gasteiger partial charge on any atom is 0.155 e. The molecule has 0 saturated heterocycles. The highest BCUT2D eigenvalue weighted by Crippen LogP contribution is 2.10. The Balaban J connectivity index is 3.27. The van der Waals surface area contributed by atoms with Gasteiger partial charge in [-0.15, -0.1) is 6.58 Å². The van der Waals surface area contributed by atoms with Crippen molar-refractivity contribution in [2.75, 3.05) is 0 Å². The van der Waals surface area contributed by atoms with Crippen molar-refractivity contribution in [3.8, 4) is 0 Å². The SMILES string of the molecule is C=CCCCCCCC=CC(=O)CCCCCCCCCC. The molecule has 0 aliphatic carbocycles. The van der Waals surface area contributed by atoms with Crippen molar-refractivity contribution in [1.82, 2.24) is 0 Å². The van der Waals surface area contributed by atoms with E-state index in [0.29, 0.717) is 5.78 Å². The van der Waals surface area contributed by atoms with Crippen molar-refractivity contribution in [3.05, 3.63) is 24.8 Å². The van der Waals surface area contributed by atoms with Gasteiger partial charge in [-0.25, -0.2) is 0 Å². The molecule has 0 aromatic rings. The van der Waals surface area contributed by atoms with Crippen molar-refractivity contribution in [2.45, 2.75) is 103 Å². The second kappa shape index (κ2) is 18.2. The molecule has 0 aromatic carbocycles. The standard InChI is InChI=1S/C21H38O/c1-3-5-7-9-11-13-15-17-19-21(22)20-18-16-14-12-10-8-6-4-2/h3,17,19H,1,4-16,18,20H2,2H3. The number of rotatable bonds is 17. The van der Waals surface area contributed by atoms with Gasteiger partial charge in [-0.05, 0) is 38.2 Å². The Kier molecular flexibility index (Phi) is 17.5. The summed E-state index contributed by atoms with van der Waals surface area (Å²) in [6.07, 6.45) is 24.2. The lowest BCUT2D eigenvalue weighted by Crippen LogP contribution is -1.92. The Bertz CT molecular complexity index is 278. The van der Waals surface area contributed by atoms with Gasteiger partial charge in [-0.2, -0.15) is 0 Å². The van der Waals surface area contributed by atoms with Gasteiger partial charge in [0.2, 0.25) is 0 Å². The number of unbranched alkanes of at least 4 members (excludes halogenated alkanes) is 12. The highest BCUT2D eigenvalue weighted by molar-refractivity contribution is 5.89. The van der Waals surface area contributed by atoms with Crippen LogP contribution in [0.1, 0.15) is 103 Å². The van der Waals surface area contributed by atoms with Crippen LogP contribution in [-0.2, 0) is 4.79 Å². The van der Waals surface area contributed by atoms with E-state index in [-0.39, 0.29) is 0 Å². The van der Waals surface area contributed by atoms with Crippen molar-refractivity contribution in [1.29, 1.82) is 0 Å². The van der Waals surface area contributed by atoms with Crippen LogP contribution < -0.4 is 0 Å². The fourth-order valence-corrected chi connectivity index (χ4v) is 2.64. The van der Waals surface area contributed by atoms with Gasteiger partial charge in [0.25, 0.3) is 0 Å². The molecule has 0 aliphatic heterocycles. The molecule has 0 fully saturated rings. The van der Waals surface area contributed by atoms with Crippen LogP contribution in [0.5, 0.6) is 0 Å². The van der Waals surface area contributed by atoms with Crippen molar-refractivity contribution in [2.24, 2.45) is 0 Å². The van der Waals surface area contributed by atoms with Crippen LogP contribution >= 0.6 is 0 Å². The Morgan fingerprint density at radius 3 is 1.95 bits per heavy atom. The first-order valence-electron chi connectivity index (χ1n) is 9.61. The first kappa shape index (κ1) is 21.1. The Labute approximate surface area is 139 Å². The van der Waals surface area contributed by atoms with Gasteiger partial charge in [0, 0.05) is 6.42 Å². The molecule has 1 nitrogen and oxygen atoms in total. The average molecular weight is 307 g/mol. The third kappa shape index (κ3) is 17.2. The lowest BCUT2D eigenvalue weighted by Gasteiger charge is -2.00. The zero-order chi connectivity index (χ0) is 16.3. The topological polar surface area (TPSA) is 17.1 Å². The Hall–Kier alpha value is -0.850. The van der Waals surface area contributed by atoms with E-state index in [2.05, 4.69) is 19.6 Å². The fourth-order valence-electron chi connectivity index (χ4n) is 2.64. The zero-order valence-corrected chi connectivity index (χ0v) is 15.0. The lowest BCUT2D eigenvalue weighted by molar-refractivity contribution is -0.114. The molecule has 0 heterocycles. The van der Waals surface area contributed by atoms with Gasteiger partial charge in [0.15, 0.2) is 5.78 Å². The lowest BCUT2D eigenvalue weighted by atomic mass is 10.1. The highest BCUT2D eigenvalue weighted by atomic mass is 16.1. The van der Waals surface area contributed by atoms with Gasteiger partial charge in [-0.1, -0.05) is 76.9 Å². The summed E-state index contributed by atoms with van der Waals surface area (Å²) in [5.41, 5.74) is 0. The number of hydrogen-bond acceptors (Lipinski definition) is 1. The van der Waals surface area contributed by atoms with Crippen LogP contribution in [0.2, 0.25) is 0 Å². The maximum atomic E-state index is 11.7. The fraction of sp³-hybridized carbons (Fsp3) is 0.762. The summed E-state index contributed by atoms with van der Waals surface area (Å²) in [5.74, 6) is 0.317. The summed E-state index contributed by atoms with van der Waals surface area (Å²) >= 11 is 0. The van der Waals surface area contributed by atoms with Crippen molar-refractivity contribution >= 4 is 5.78 Å². The minimum absolute atomic E-state index is 0.317. The monoisotopic (exact) mass is 306 g/mol. The number of ketones is 1. The molecule has 128 valence electrons. The zero-order valence-electron chi connectivity index (χ0n) is 15.0. The van der Waals surface area contributed by atoms with E-state index in [1.165, 1.54) is 70.6 Å². The van der Waals surface area contributed by atoms with Gasteiger partial charge in [0.05, 0.1) is 0 Å². The molecule has 0 atom stereocenters. The number of hydrogen-bond donors (Lipinski definition) is 0. The molecule has 0 saturated carbocycles. The van der Waals surface area contributed by atoms with E-state index in [1.54, 1.807) is 0 Å². The minimum Gasteiger partial charge on any atom is -0.295 e. The number of allylic oxidation sites excluding steroid dienone is 3. The third-order valence-electron chi connectivity index (χ3n) is 4.11. The van der Waals surface area contributed by atoms with Gasteiger partial charge < -0.3 is 0 Å². The van der Waals surface area contributed by atoms with Crippen LogP contribution in [-0.4, -0.2) is 5.78 Å². The molecule has 0 unspecified atom stereocenters. The summed E-state index contributed by atoms with van der Waals surface area (Å²) in [7, 11) is 0. The predicted molar refractivity (Wildman–Crippen MR) is 99.3 cm³/mol. The molecular formula is C21H38O. The molecule has 0 aliphatic rings. The number of carbonyl (C=O) groups is 1. The third-order valence-corrected chi connectivity index (χ3v) is 4.11. The molecule has 0 N–H and O–H groups in total. The summed E-state index contributed by atoms with van der Waals surface area (Å²) in [6, 6.07) is 0. The van der Waals surface area contributed by atoms with Crippen molar-refractivity contribution in [3.63, 3.8) is 0 Å². The van der Waals surface area contributed by atoms with E-state index in [9.17, 15) is 4.79 Å². The largest absolute Gasteiger partial charge is 0.295 e. The Morgan fingerprint density at radius 1 is 0.773 bits per heavy atom. The summed E-state index contributed by atoms with van der Waals surface area (Å²) in [5, 5.41) is 0. The predicted octanol–water partition coefficient (Wildman–Crippen LogP) is 7.17. The van der Waals surface area contributed by atoms with Gasteiger partial charge >= 0.3 is 0 Å². The average Bonchev–Trinajstić information content (AvgIpc) is 2.52. The van der Waals surface area contributed by atoms with E-state index in [1.807, 2.05) is 12.2 Å². The summed E-state index contributed by atoms with van der Waals surface area (Å²) < 4.78 is 0. The molecule has 0 amide bonds. The molecule has 0 rings (SSSR count). The molecular weight excluding hydrogens is 268 g/mol. The van der Waals surface area contributed by atoms with Crippen LogP contribution in [0, 0.1) is 0 Å². The van der Waals surface area contributed by atoms with Crippen LogP contribution in [0.15, 0.2) is 24.8 Å². The second-order valence-corrected chi connectivity index (χ2v) is 6.37. The smallest absolute Gasteiger partial charge is 0.155 e. The molecule has 0 aromatic heterocycles. The minimum atomic E-state index is 0.317. The van der Waals surface area contributed by atoms with Gasteiger partial charge in [0.1, 0.15) is 0 Å². The highest BCUT2D eigenvalue weighted by Gasteiger charge is 1.97. The van der Waals surface area contributed by atoms with Crippen LogP contribution in [0.4, 0.5) is 0 Å². The Morgan fingerprint density at radius 2 is 1.32 bits per heavy atom. The summed E-state index contributed by atoms with van der Waals surface area (Å²) in [4.78, 5) is 11.7.